The van der Waals surface area contributed by atoms with Crippen LogP contribution in [0.4, 0.5) is 4.39 Å². The molecule has 0 aromatic heterocycles. The van der Waals surface area contributed by atoms with Crippen LogP contribution in [0.15, 0.2) is 18.2 Å². The number of Topliss-reactive ketones (excluding diaryl/α,β-unsaturated/α-hetero) is 1. The highest BCUT2D eigenvalue weighted by molar-refractivity contribution is 6.01. The number of carbonyl (C=O) groups is 2. The summed E-state index contributed by atoms with van der Waals surface area (Å²) in [6.45, 7) is 3.76. The Labute approximate surface area is 112 Å². The molecule has 0 atom stereocenters. The maximum Gasteiger partial charge on any atom is 0.219 e. The van der Waals surface area contributed by atoms with E-state index in [9.17, 15) is 14.0 Å². The number of hydrogen-bond donors (Lipinski definition) is 0. The Bertz CT molecular complexity index is 474. The Morgan fingerprint density at radius 1 is 1.37 bits per heavy atom. The van der Waals surface area contributed by atoms with Crippen LogP contribution in [-0.4, -0.2) is 36.8 Å². The van der Waals surface area contributed by atoms with Crippen LogP contribution < -0.4 is 4.74 Å². The van der Waals surface area contributed by atoms with Crippen molar-refractivity contribution in [3.63, 3.8) is 0 Å². The van der Waals surface area contributed by atoms with Crippen molar-refractivity contribution in [3.05, 3.63) is 29.6 Å². The Morgan fingerprint density at radius 3 is 2.58 bits per heavy atom. The van der Waals surface area contributed by atoms with Crippen molar-refractivity contribution in [1.82, 2.24) is 4.90 Å². The number of benzene rings is 1. The molecule has 0 bridgehead atoms. The van der Waals surface area contributed by atoms with Crippen LogP contribution in [0.5, 0.6) is 5.75 Å². The van der Waals surface area contributed by atoms with Gasteiger partial charge in [-0.15, -0.1) is 0 Å². The van der Waals surface area contributed by atoms with E-state index in [1.807, 2.05) is 6.92 Å². The maximum atomic E-state index is 13.5. The molecule has 0 spiro atoms. The summed E-state index contributed by atoms with van der Waals surface area (Å²) >= 11 is 0. The smallest absolute Gasteiger partial charge is 0.219 e. The Kier molecular flexibility index (Phi) is 5.48. The third kappa shape index (κ3) is 3.77. The summed E-state index contributed by atoms with van der Waals surface area (Å²) in [5.41, 5.74) is 0.157. The minimum atomic E-state index is -0.585. The molecule has 1 rings (SSSR count). The van der Waals surface area contributed by atoms with E-state index in [0.29, 0.717) is 6.54 Å². The van der Waals surface area contributed by atoms with Gasteiger partial charge in [0.2, 0.25) is 5.91 Å². The Hall–Kier alpha value is -1.91. The number of nitrogens with zero attached hydrogens (tertiary/aromatic N) is 1. The quantitative estimate of drug-likeness (QED) is 0.743. The molecule has 0 unspecified atom stereocenters. The second-order valence-corrected chi connectivity index (χ2v) is 4.18. The molecule has 0 aliphatic carbocycles. The van der Waals surface area contributed by atoms with E-state index >= 15 is 0 Å². The number of methoxy groups -OCH3 is 1. The number of halogens is 1. The molecule has 0 saturated carbocycles. The summed E-state index contributed by atoms with van der Waals surface area (Å²) in [7, 11) is 1.31. The zero-order chi connectivity index (χ0) is 14.4. The first-order chi connectivity index (χ1) is 9.01. The van der Waals surface area contributed by atoms with Crippen LogP contribution in [-0.2, 0) is 4.79 Å². The lowest BCUT2D eigenvalue weighted by Crippen LogP contribution is -2.34. The summed E-state index contributed by atoms with van der Waals surface area (Å²) < 4.78 is 18.4. The Morgan fingerprint density at radius 2 is 2.05 bits per heavy atom. The minimum absolute atomic E-state index is 0.0665. The van der Waals surface area contributed by atoms with E-state index in [4.69, 9.17) is 4.74 Å². The predicted octanol–water partition coefficient (Wildman–Crippen LogP) is 2.28. The van der Waals surface area contributed by atoms with Crippen LogP contribution in [0.2, 0.25) is 0 Å². The van der Waals surface area contributed by atoms with Gasteiger partial charge in [-0.1, -0.05) is 13.0 Å². The van der Waals surface area contributed by atoms with Gasteiger partial charge in [0.1, 0.15) is 0 Å². The van der Waals surface area contributed by atoms with Gasteiger partial charge >= 0.3 is 0 Å². The third-order valence-electron chi connectivity index (χ3n) is 2.74. The monoisotopic (exact) mass is 267 g/mol. The number of ether oxygens (including phenoxy) is 1. The lowest BCUT2D eigenvalue weighted by Gasteiger charge is -2.20. The summed E-state index contributed by atoms with van der Waals surface area (Å²) in [5, 5.41) is 0. The largest absolute Gasteiger partial charge is 0.493 e. The molecule has 0 fully saturated rings. The predicted molar refractivity (Wildman–Crippen MR) is 69.8 cm³/mol. The highest BCUT2D eigenvalue weighted by Gasteiger charge is 2.19. The minimum Gasteiger partial charge on any atom is -0.493 e. The molecule has 0 aliphatic heterocycles. The van der Waals surface area contributed by atoms with Crippen LogP contribution in [0, 0.1) is 5.82 Å². The van der Waals surface area contributed by atoms with Crippen molar-refractivity contribution < 1.29 is 18.7 Å². The van der Waals surface area contributed by atoms with E-state index in [0.717, 1.165) is 6.42 Å². The molecule has 4 nitrogen and oxygen atoms in total. The highest BCUT2D eigenvalue weighted by atomic mass is 19.1. The molecule has 0 saturated heterocycles. The average molecular weight is 267 g/mol. The van der Waals surface area contributed by atoms with Gasteiger partial charge in [0.25, 0.3) is 0 Å². The number of hydrogen-bond acceptors (Lipinski definition) is 3. The summed E-state index contributed by atoms with van der Waals surface area (Å²) in [4.78, 5) is 25.0. The van der Waals surface area contributed by atoms with E-state index < -0.39 is 5.82 Å². The van der Waals surface area contributed by atoms with Gasteiger partial charge in [-0.3, -0.25) is 9.59 Å². The summed E-state index contributed by atoms with van der Waals surface area (Å²) in [5.74, 6) is -1.17. The number of carbonyl (C=O) groups excluding carboxylic acids is 2. The van der Waals surface area contributed by atoms with Crippen molar-refractivity contribution in [2.24, 2.45) is 0 Å². The van der Waals surface area contributed by atoms with Crippen LogP contribution in [0.25, 0.3) is 0 Å². The fourth-order valence-electron chi connectivity index (χ4n) is 1.81. The zero-order valence-electron chi connectivity index (χ0n) is 11.4. The van der Waals surface area contributed by atoms with Crippen molar-refractivity contribution in [1.29, 1.82) is 0 Å². The van der Waals surface area contributed by atoms with E-state index in [1.54, 1.807) is 0 Å². The van der Waals surface area contributed by atoms with E-state index in [2.05, 4.69) is 0 Å². The second kappa shape index (κ2) is 6.87. The molecule has 0 aliphatic rings. The van der Waals surface area contributed by atoms with Crippen LogP contribution in [0.1, 0.15) is 30.6 Å². The molecule has 0 radical (unpaired) electrons. The Balaban J connectivity index is 2.94. The average Bonchev–Trinajstić information content (AvgIpc) is 2.37. The van der Waals surface area contributed by atoms with Gasteiger partial charge in [0, 0.05) is 13.5 Å². The van der Waals surface area contributed by atoms with Gasteiger partial charge in [0.15, 0.2) is 17.3 Å². The fraction of sp³-hybridized carbons (Fsp3) is 0.429. The van der Waals surface area contributed by atoms with Gasteiger partial charge in [-0.25, -0.2) is 4.39 Å². The van der Waals surface area contributed by atoms with E-state index in [1.165, 1.54) is 37.1 Å². The van der Waals surface area contributed by atoms with Gasteiger partial charge < -0.3 is 9.64 Å². The number of para-hydroxylation sites is 1. The van der Waals surface area contributed by atoms with Gasteiger partial charge in [-0.2, -0.15) is 0 Å². The zero-order valence-corrected chi connectivity index (χ0v) is 11.4. The first-order valence-corrected chi connectivity index (χ1v) is 6.12. The third-order valence-corrected chi connectivity index (χ3v) is 2.74. The number of amides is 1. The van der Waals surface area contributed by atoms with Gasteiger partial charge in [-0.05, 0) is 18.6 Å². The SMILES string of the molecule is CCCN(CC(=O)c1cccc(F)c1OC)C(C)=O. The number of rotatable bonds is 6. The molecule has 1 amide bonds. The van der Waals surface area contributed by atoms with Crippen molar-refractivity contribution in [2.45, 2.75) is 20.3 Å². The normalized spacial score (nSPS) is 10.1. The van der Waals surface area contributed by atoms with Gasteiger partial charge in [0.05, 0.1) is 19.2 Å². The molecule has 0 N–H and O–H groups in total. The van der Waals surface area contributed by atoms with Crippen LogP contribution >= 0.6 is 0 Å². The van der Waals surface area contributed by atoms with E-state index in [-0.39, 0.29) is 29.5 Å². The topological polar surface area (TPSA) is 46.6 Å². The van der Waals surface area contributed by atoms with Crippen LogP contribution in [0.3, 0.4) is 0 Å². The molecule has 1 aromatic carbocycles. The standard InChI is InChI=1S/C14H18FNO3/c1-4-8-16(10(2)17)9-13(18)11-6-5-7-12(15)14(11)19-3/h5-7H,4,8-9H2,1-3H3. The summed E-state index contributed by atoms with van der Waals surface area (Å²) in [6.07, 6.45) is 0.757. The molecule has 0 heterocycles. The number of ketones is 1. The molecule has 19 heavy (non-hydrogen) atoms. The molecule has 5 heteroatoms. The van der Waals surface area contributed by atoms with Crippen molar-refractivity contribution in [3.8, 4) is 5.75 Å². The molecular formula is C14H18FNO3. The second-order valence-electron chi connectivity index (χ2n) is 4.18. The first-order valence-electron chi connectivity index (χ1n) is 6.12. The maximum absolute atomic E-state index is 13.5. The van der Waals surface area contributed by atoms with Crippen molar-refractivity contribution in [2.75, 3.05) is 20.2 Å². The molecular weight excluding hydrogens is 249 g/mol. The highest BCUT2D eigenvalue weighted by Crippen LogP contribution is 2.22. The fourth-order valence-corrected chi connectivity index (χ4v) is 1.81. The first kappa shape index (κ1) is 15.1. The van der Waals surface area contributed by atoms with Crippen molar-refractivity contribution >= 4 is 11.7 Å². The summed E-state index contributed by atoms with van der Waals surface area (Å²) in [6, 6.07) is 4.17. The lowest BCUT2D eigenvalue weighted by molar-refractivity contribution is -0.128. The molecule has 104 valence electrons. The molecule has 1 aromatic rings. The lowest BCUT2D eigenvalue weighted by atomic mass is 10.1.